The molecule has 0 rings (SSSR count). The van der Waals surface area contributed by atoms with Crippen molar-refractivity contribution in [3.8, 4) is 0 Å². The summed E-state index contributed by atoms with van der Waals surface area (Å²) >= 11 is 0. The highest BCUT2D eigenvalue weighted by atomic mass is 31.2. The van der Waals surface area contributed by atoms with E-state index < -0.39 is 32.5 Å². The summed E-state index contributed by atoms with van der Waals surface area (Å²) in [7, 11) is -4.76. The van der Waals surface area contributed by atoms with Crippen LogP contribution < -0.4 is 0 Å². The van der Waals surface area contributed by atoms with Crippen molar-refractivity contribution in [1.82, 2.24) is 0 Å². The fraction of sp³-hybridized carbons (Fsp3) is 0.744. The van der Waals surface area contributed by atoms with Crippen LogP contribution in [-0.4, -0.2) is 41.0 Å². The predicted molar refractivity (Wildman–Crippen MR) is 198 cm³/mol. The number of ether oxygens (including phenoxy) is 2. The fourth-order valence-electron chi connectivity index (χ4n) is 4.96. The summed E-state index contributed by atoms with van der Waals surface area (Å²) in [5.74, 6) is -0.932. The summed E-state index contributed by atoms with van der Waals surface area (Å²) in [6.07, 6.45) is 41.1. The number of unbranched alkanes of at least 4 members (excludes halogenated alkanes) is 16. The maximum Gasteiger partial charge on any atom is 0.469 e. The Hall–Kier alpha value is -1.99. The van der Waals surface area contributed by atoms with Gasteiger partial charge >= 0.3 is 19.8 Å². The van der Waals surface area contributed by atoms with Gasteiger partial charge in [-0.25, -0.2) is 4.57 Å². The maximum absolute atomic E-state index is 12.4. The van der Waals surface area contributed by atoms with E-state index in [1.165, 1.54) is 64.2 Å². The molecule has 0 bridgehead atoms. The second-order valence-electron chi connectivity index (χ2n) is 12.5. The highest BCUT2D eigenvalue weighted by Crippen LogP contribution is 2.36. The van der Waals surface area contributed by atoms with E-state index in [9.17, 15) is 14.2 Å². The average Bonchev–Trinajstić information content (AvgIpc) is 3.05. The second kappa shape index (κ2) is 34.9. The SMILES string of the molecule is CCCCC/C=C/C/C=C/C/C=C/CCCCCCC(=O)O[C@H](COC(=O)CCCCC/C=C/CCCCCCCC)COP(=O)(O)O. The molecule has 0 radical (unpaired) electrons. The molecule has 1 atom stereocenters. The van der Waals surface area contributed by atoms with Gasteiger partial charge in [-0.2, -0.15) is 0 Å². The summed E-state index contributed by atoms with van der Waals surface area (Å²) in [6, 6.07) is 0. The number of carbonyl (C=O) groups excluding carboxylic acids is 2. The summed E-state index contributed by atoms with van der Waals surface area (Å²) < 4.78 is 26.3. The van der Waals surface area contributed by atoms with E-state index in [0.717, 1.165) is 64.2 Å². The summed E-state index contributed by atoms with van der Waals surface area (Å²) in [6.45, 7) is 3.60. The normalized spacial score (nSPS) is 13.0. The van der Waals surface area contributed by atoms with Crippen LogP contribution in [0.2, 0.25) is 0 Å². The van der Waals surface area contributed by atoms with Crippen LogP contribution >= 0.6 is 7.82 Å². The van der Waals surface area contributed by atoms with Gasteiger partial charge in [-0.05, 0) is 77.0 Å². The molecular formula is C39H69O8P. The number of esters is 2. The largest absolute Gasteiger partial charge is 0.469 e. The number of phosphoric acid groups is 1. The molecular weight excluding hydrogens is 627 g/mol. The second-order valence-corrected chi connectivity index (χ2v) is 13.8. The minimum absolute atomic E-state index is 0.182. The van der Waals surface area contributed by atoms with Crippen LogP contribution in [0.4, 0.5) is 0 Å². The van der Waals surface area contributed by atoms with Gasteiger partial charge in [0.1, 0.15) is 6.61 Å². The summed E-state index contributed by atoms with van der Waals surface area (Å²) in [5.41, 5.74) is 0. The Balaban J connectivity index is 4.05. The summed E-state index contributed by atoms with van der Waals surface area (Å²) in [4.78, 5) is 42.7. The maximum atomic E-state index is 12.4. The van der Waals surface area contributed by atoms with Gasteiger partial charge in [0.05, 0.1) is 6.61 Å². The standard InChI is InChI=1S/C39H69O8P/c1-3-5-7-9-11-13-15-17-18-19-20-22-24-26-28-30-32-34-39(41)47-37(36-46-48(42,43)44)35-45-38(40)33-31-29-27-25-23-21-16-14-12-10-8-6-4-2/h11,13,17-18,20-23,37H,3-10,12,14-16,19,24-36H2,1-2H3,(H2,42,43,44)/b13-11+,18-17+,22-20+,23-21+/t37-/m1/s1. The van der Waals surface area contributed by atoms with E-state index in [1.54, 1.807) is 0 Å². The van der Waals surface area contributed by atoms with E-state index in [2.05, 4.69) is 67.0 Å². The first-order chi connectivity index (χ1) is 23.3. The Morgan fingerprint density at radius 1 is 0.542 bits per heavy atom. The number of hydrogen-bond donors (Lipinski definition) is 2. The van der Waals surface area contributed by atoms with E-state index in [4.69, 9.17) is 19.3 Å². The highest BCUT2D eigenvalue weighted by Gasteiger charge is 2.22. The Kier molecular flexibility index (Phi) is 33.4. The fourth-order valence-corrected chi connectivity index (χ4v) is 5.32. The zero-order chi connectivity index (χ0) is 35.4. The van der Waals surface area contributed by atoms with Crippen molar-refractivity contribution in [2.45, 2.75) is 174 Å². The molecule has 0 saturated heterocycles. The topological polar surface area (TPSA) is 119 Å². The molecule has 0 aromatic rings. The lowest BCUT2D eigenvalue weighted by Gasteiger charge is -2.18. The quantitative estimate of drug-likeness (QED) is 0.0295. The van der Waals surface area contributed by atoms with Crippen molar-refractivity contribution in [2.75, 3.05) is 13.2 Å². The number of hydrogen-bond acceptors (Lipinski definition) is 6. The van der Waals surface area contributed by atoms with Gasteiger partial charge in [-0.1, -0.05) is 127 Å². The van der Waals surface area contributed by atoms with Gasteiger partial charge in [0.2, 0.25) is 0 Å². The minimum Gasteiger partial charge on any atom is -0.462 e. The molecule has 8 nitrogen and oxygen atoms in total. The molecule has 0 spiro atoms. The number of carbonyl (C=O) groups is 2. The van der Waals surface area contributed by atoms with E-state index in [-0.39, 0.29) is 19.4 Å². The third-order valence-corrected chi connectivity index (χ3v) is 8.31. The monoisotopic (exact) mass is 696 g/mol. The molecule has 0 fully saturated rings. The molecule has 2 N–H and O–H groups in total. The van der Waals surface area contributed by atoms with Crippen LogP contribution in [0, 0.1) is 0 Å². The van der Waals surface area contributed by atoms with Gasteiger partial charge < -0.3 is 19.3 Å². The lowest BCUT2D eigenvalue weighted by molar-refractivity contribution is -0.161. The molecule has 9 heteroatoms. The number of phosphoric ester groups is 1. The Labute approximate surface area is 293 Å². The van der Waals surface area contributed by atoms with Gasteiger partial charge in [-0.15, -0.1) is 0 Å². The van der Waals surface area contributed by atoms with Gasteiger partial charge in [0.25, 0.3) is 0 Å². The highest BCUT2D eigenvalue weighted by molar-refractivity contribution is 7.46. The molecule has 0 saturated carbocycles. The number of rotatable bonds is 34. The molecule has 0 aromatic carbocycles. The first kappa shape index (κ1) is 46.0. The van der Waals surface area contributed by atoms with Crippen molar-refractivity contribution >= 4 is 19.8 Å². The van der Waals surface area contributed by atoms with Crippen molar-refractivity contribution in [3.05, 3.63) is 48.6 Å². The first-order valence-corrected chi connectivity index (χ1v) is 20.5. The zero-order valence-electron chi connectivity index (χ0n) is 30.4. The molecule has 0 aliphatic heterocycles. The Morgan fingerprint density at radius 2 is 0.938 bits per heavy atom. The van der Waals surface area contributed by atoms with Crippen LogP contribution in [-0.2, 0) is 28.2 Å². The zero-order valence-corrected chi connectivity index (χ0v) is 31.3. The third-order valence-electron chi connectivity index (χ3n) is 7.82. The third kappa shape index (κ3) is 36.8. The molecule has 0 heterocycles. The lowest BCUT2D eigenvalue weighted by atomic mass is 10.1. The first-order valence-electron chi connectivity index (χ1n) is 18.9. The summed E-state index contributed by atoms with van der Waals surface area (Å²) in [5, 5.41) is 0. The van der Waals surface area contributed by atoms with Crippen LogP contribution in [0.1, 0.15) is 168 Å². The van der Waals surface area contributed by atoms with Crippen molar-refractivity contribution in [2.24, 2.45) is 0 Å². The molecule has 48 heavy (non-hydrogen) atoms. The van der Waals surface area contributed by atoms with Gasteiger partial charge in [0.15, 0.2) is 6.10 Å². The van der Waals surface area contributed by atoms with E-state index in [0.29, 0.717) is 12.8 Å². The van der Waals surface area contributed by atoms with Crippen LogP contribution in [0.15, 0.2) is 48.6 Å². The van der Waals surface area contributed by atoms with Crippen molar-refractivity contribution in [1.29, 1.82) is 0 Å². The average molecular weight is 697 g/mol. The smallest absolute Gasteiger partial charge is 0.462 e. The van der Waals surface area contributed by atoms with Crippen molar-refractivity contribution in [3.63, 3.8) is 0 Å². The van der Waals surface area contributed by atoms with E-state index in [1.807, 2.05) is 0 Å². The van der Waals surface area contributed by atoms with Gasteiger partial charge in [0, 0.05) is 12.8 Å². The molecule has 0 aliphatic rings. The van der Waals surface area contributed by atoms with Crippen molar-refractivity contribution < 1.29 is 37.9 Å². The molecule has 278 valence electrons. The van der Waals surface area contributed by atoms with Crippen LogP contribution in [0.5, 0.6) is 0 Å². The minimum atomic E-state index is -4.76. The Bertz CT molecular complexity index is 921. The van der Waals surface area contributed by atoms with E-state index >= 15 is 0 Å². The molecule has 0 unspecified atom stereocenters. The van der Waals surface area contributed by atoms with Crippen LogP contribution in [0.3, 0.4) is 0 Å². The van der Waals surface area contributed by atoms with Crippen LogP contribution in [0.25, 0.3) is 0 Å². The number of allylic oxidation sites excluding steroid dienone is 8. The molecule has 0 aromatic heterocycles. The van der Waals surface area contributed by atoms with Gasteiger partial charge in [-0.3, -0.25) is 14.1 Å². The lowest BCUT2D eigenvalue weighted by Crippen LogP contribution is -2.29. The molecule has 0 aliphatic carbocycles. The molecule has 0 amide bonds. The Morgan fingerprint density at radius 3 is 1.48 bits per heavy atom. The predicted octanol–water partition coefficient (Wildman–Crippen LogP) is 11.2.